The van der Waals surface area contributed by atoms with Gasteiger partial charge < -0.3 is 9.47 Å². The summed E-state index contributed by atoms with van der Waals surface area (Å²) in [6.45, 7) is 4.64. The topological polar surface area (TPSA) is 85.4 Å². The predicted octanol–water partition coefficient (Wildman–Crippen LogP) is 1.15. The van der Waals surface area contributed by atoms with Crippen LogP contribution in [0.25, 0.3) is 11.2 Å². The van der Waals surface area contributed by atoms with Gasteiger partial charge in [-0.1, -0.05) is 18.2 Å². The lowest BCUT2D eigenvalue weighted by molar-refractivity contribution is -0.133. The standard InChI is InChI=1S/C23H30N6O3S/c1-25-21-20(22(31)26(2)23(25)32)29(17-24-21)11-9-19(30)28-14-12-27(13-15-28)10-6-16-33-18-7-4-3-5-8-18/h3-5,7-8,17H,6,9-16H2,1-2H3. The van der Waals surface area contributed by atoms with Crippen molar-refractivity contribution in [1.82, 2.24) is 28.5 Å². The third-order valence-corrected chi connectivity index (χ3v) is 7.24. The molecule has 1 fully saturated rings. The lowest BCUT2D eigenvalue weighted by atomic mass is 10.2. The van der Waals surface area contributed by atoms with E-state index in [1.165, 1.54) is 22.8 Å². The number of hydrogen-bond acceptors (Lipinski definition) is 6. The van der Waals surface area contributed by atoms with E-state index in [0.29, 0.717) is 24.1 Å². The zero-order valence-corrected chi connectivity index (χ0v) is 20.0. The Kier molecular flexibility index (Phi) is 7.34. The van der Waals surface area contributed by atoms with Crippen LogP contribution in [0.2, 0.25) is 0 Å². The molecule has 0 radical (unpaired) electrons. The van der Waals surface area contributed by atoms with E-state index in [4.69, 9.17) is 0 Å². The van der Waals surface area contributed by atoms with Crippen LogP contribution in [0.4, 0.5) is 0 Å². The van der Waals surface area contributed by atoms with E-state index in [2.05, 4.69) is 34.1 Å². The number of nitrogens with zero attached hydrogens (tertiary/aromatic N) is 6. The van der Waals surface area contributed by atoms with Crippen LogP contribution in [-0.4, -0.2) is 72.9 Å². The number of aromatic nitrogens is 4. The minimum atomic E-state index is -0.412. The van der Waals surface area contributed by atoms with Gasteiger partial charge in [0.05, 0.1) is 6.33 Å². The average molecular weight is 471 g/mol. The Bertz CT molecular complexity index is 1220. The highest BCUT2D eigenvalue weighted by Crippen LogP contribution is 2.18. The molecule has 4 rings (SSSR count). The molecule has 0 N–H and O–H groups in total. The SMILES string of the molecule is Cn1c(=O)c2c(ncn2CCC(=O)N2CCN(CCCSc3ccccc3)CC2)n(C)c1=O. The molecular weight excluding hydrogens is 440 g/mol. The highest BCUT2D eigenvalue weighted by Gasteiger charge is 2.21. The van der Waals surface area contributed by atoms with Crippen LogP contribution in [0.15, 0.2) is 51.1 Å². The van der Waals surface area contributed by atoms with Gasteiger partial charge in [0, 0.05) is 58.1 Å². The molecule has 3 heterocycles. The van der Waals surface area contributed by atoms with Crippen molar-refractivity contribution in [3.05, 3.63) is 57.5 Å². The van der Waals surface area contributed by atoms with E-state index >= 15 is 0 Å². The van der Waals surface area contributed by atoms with E-state index in [9.17, 15) is 14.4 Å². The van der Waals surface area contributed by atoms with E-state index in [1.54, 1.807) is 11.6 Å². The van der Waals surface area contributed by atoms with Gasteiger partial charge in [0.15, 0.2) is 11.2 Å². The van der Waals surface area contributed by atoms with Gasteiger partial charge in [-0.15, -0.1) is 11.8 Å². The molecule has 0 saturated carbocycles. The van der Waals surface area contributed by atoms with Crippen LogP contribution < -0.4 is 11.2 Å². The number of carbonyl (C=O) groups is 1. The fraction of sp³-hybridized carbons (Fsp3) is 0.478. The fourth-order valence-electron chi connectivity index (χ4n) is 4.16. The third kappa shape index (κ3) is 5.22. The average Bonchev–Trinajstić information content (AvgIpc) is 3.28. The van der Waals surface area contributed by atoms with E-state index in [0.717, 1.165) is 49.5 Å². The summed E-state index contributed by atoms with van der Waals surface area (Å²) in [5.74, 6) is 1.17. The second kappa shape index (κ2) is 10.4. The van der Waals surface area contributed by atoms with Gasteiger partial charge in [-0.05, 0) is 30.9 Å². The first-order valence-corrected chi connectivity index (χ1v) is 12.2. The van der Waals surface area contributed by atoms with Gasteiger partial charge >= 0.3 is 5.69 Å². The van der Waals surface area contributed by atoms with E-state index in [1.807, 2.05) is 22.7 Å². The zero-order valence-electron chi connectivity index (χ0n) is 19.1. The van der Waals surface area contributed by atoms with Crippen molar-refractivity contribution in [2.45, 2.75) is 24.3 Å². The summed E-state index contributed by atoms with van der Waals surface area (Å²) >= 11 is 1.88. The monoisotopic (exact) mass is 470 g/mol. The molecule has 1 saturated heterocycles. The number of rotatable bonds is 8. The highest BCUT2D eigenvalue weighted by atomic mass is 32.2. The number of fused-ring (bicyclic) bond motifs is 1. The molecule has 0 unspecified atom stereocenters. The number of hydrogen-bond donors (Lipinski definition) is 0. The number of imidazole rings is 1. The highest BCUT2D eigenvalue weighted by molar-refractivity contribution is 7.99. The first-order valence-electron chi connectivity index (χ1n) is 11.2. The Hall–Kier alpha value is -2.85. The van der Waals surface area contributed by atoms with Crippen LogP contribution in [0.5, 0.6) is 0 Å². The van der Waals surface area contributed by atoms with Crippen molar-refractivity contribution in [2.24, 2.45) is 14.1 Å². The molecule has 1 aliphatic heterocycles. The van der Waals surface area contributed by atoms with Crippen molar-refractivity contribution in [3.63, 3.8) is 0 Å². The number of aryl methyl sites for hydroxylation is 2. The maximum absolute atomic E-state index is 12.8. The number of thioether (sulfide) groups is 1. The maximum Gasteiger partial charge on any atom is 0.332 e. The first-order chi connectivity index (χ1) is 16.0. The number of benzene rings is 1. The summed E-state index contributed by atoms with van der Waals surface area (Å²) in [6, 6.07) is 10.4. The second-order valence-electron chi connectivity index (χ2n) is 8.30. The Labute approximate surface area is 196 Å². The van der Waals surface area contributed by atoms with Crippen molar-refractivity contribution in [3.8, 4) is 0 Å². The summed E-state index contributed by atoms with van der Waals surface area (Å²) in [7, 11) is 3.04. The summed E-state index contributed by atoms with van der Waals surface area (Å²) in [4.78, 5) is 47.2. The van der Waals surface area contributed by atoms with Crippen molar-refractivity contribution in [1.29, 1.82) is 0 Å². The molecule has 1 amide bonds. The smallest absolute Gasteiger partial charge is 0.332 e. The van der Waals surface area contributed by atoms with Gasteiger partial charge in [-0.2, -0.15) is 0 Å². The number of carbonyl (C=O) groups excluding carboxylic acids is 1. The van der Waals surface area contributed by atoms with Gasteiger partial charge in [0.1, 0.15) is 0 Å². The molecule has 0 atom stereocenters. The summed E-state index contributed by atoms with van der Waals surface area (Å²) < 4.78 is 4.10. The third-order valence-electron chi connectivity index (χ3n) is 6.14. The van der Waals surface area contributed by atoms with E-state index in [-0.39, 0.29) is 5.91 Å². The molecule has 0 bridgehead atoms. The zero-order chi connectivity index (χ0) is 23.4. The Balaban J connectivity index is 1.24. The largest absolute Gasteiger partial charge is 0.340 e. The molecule has 1 aromatic carbocycles. The minimum absolute atomic E-state index is 0.0813. The van der Waals surface area contributed by atoms with Crippen molar-refractivity contribution >= 4 is 28.8 Å². The molecule has 1 aliphatic rings. The Morgan fingerprint density at radius 1 is 1.00 bits per heavy atom. The van der Waals surface area contributed by atoms with Gasteiger partial charge in [-0.3, -0.25) is 23.6 Å². The maximum atomic E-state index is 12.8. The lowest BCUT2D eigenvalue weighted by Crippen LogP contribution is -2.49. The van der Waals surface area contributed by atoms with Crippen molar-refractivity contribution in [2.75, 3.05) is 38.5 Å². The molecule has 176 valence electrons. The van der Waals surface area contributed by atoms with Gasteiger partial charge in [-0.25, -0.2) is 9.78 Å². The molecule has 0 spiro atoms. The molecule has 2 aromatic heterocycles. The van der Waals surface area contributed by atoms with Crippen LogP contribution in [0.1, 0.15) is 12.8 Å². The summed E-state index contributed by atoms with van der Waals surface area (Å²) in [6.07, 6.45) is 2.95. The Morgan fingerprint density at radius 2 is 1.73 bits per heavy atom. The molecule has 0 aliphatic carbocycles. The molecule has 3 aromatic rings. The summed E-state index contributed by atoms with van der Waals surface area (Å²) in [5.41, 5.74) is -0.109. The van der Waals surface area contributed by atoms with Gasteiger partial charge in [0.25, 0.3) is 5.56 Å². The Morgan fingerprint density at radius 3 is 2.45 bits per heavy atom. The minimum Gasteiger partial charge on any atom is -0.340 e. The first kappa shape index (κ1) is 23.3. The second-order valence-corrected chi connectivity index (χ2v) is 9.47. The quantitative estimate of drug-likeness (QED) is 0.363. The molecule has 9 nitrogen and oxygen atoms in total. The predicted molar refractivity (Wildman–Crippen MR) is 130 cm³/mol. The van der Waals surface area contributed by atoms with Crippen LogP contribution in [-0.2, 0) is 25.4 Å². The number of amides is 1. The normalized spacial score (nSPS) is 14.8. The van der Waals surface area contributed by atoms with Crippen LogP contribution in [0, 0.1) is 0 Å². The van der Waals surface area contributed by atoms with Crippen LogP contribution in [0.3, 0.4) is 0 Å². The molecular formula is C23H30N6O3S. The van der Waals surface area contributed by atoms with Crippen molar-refractivity contribution < 1.29 is 4.79 Å². The lowest BCUT2D eigenvalue weighted by Gasteiger charge is -2.34. The van der Waals surface area contributed by atoms with E-state index < -0.39 is 11.2 Å². The van der Waals surface area contributed by atoms with Crippen LogP contribution >= 0.6 is 11.8 Å². The van der Waals surface area contributed by atoms with Gasteiger partial charge in [0.2, 0.25) is 5.91 Å². The molecule has 10 heteroatoms. The molecule has 33 heavy (non-hydrogen) atoms. The fourth-order valence-corrected chi connectivity index (χ4v) is 5.02. The summed E-state index contributed by atoms with van der Waals surface area (Å²) in [5, 5.41) is 0. The number of piperazine rings is 1.